The van der Waals surface area contributed by atoms with Crippen molar-refractivity contribution in [2.45, 2.75) is 25.0 Å². The van der Waals surface area contributed by atoms with Crippen molar-refractivity contribution in [3.8, 4) is 5.88 Å². The fourth-order valence-corrected chi connectivity index (χ4v) is 3.69. The van der Waals surface area contributed by atoms with E-state index in [1.165, 1.54) is 6.20 Å². The number of nitrogens with one attached hydrogen (secondary N) is 2. The van der Waals surface area contributed by atoms with Crippen molar-refractivity contribution in [3.05, 3.63) is 70.3 Å². The predicted molar refractivity (Wildman–Crippen MR) is 104 cm³/mol. The number of hydrogen-bond acceptors (Lipinski definition) is 5. The molecule has 0 saturated heterocycles. The number of aliphatic hydroxyl groups excluding tert-OH is 1. The molecule has 1 saturated carbocycles. The van der Waals surface area contributed by atoms with Crippen LogP contribution in [0.4, 0.5) is 0 Å². The van der Waals surface area contributed by atoms with Gasteiger partial charge in [0.15, 0.2) is 0 Å². The van der Waals surface area contributed by atoms with Gasteiger partial charge in [0.1, 0.15) is 0 Å². The zero-order chi connectivity index (χ0) is 19.7. The van der Waals surface area contributed by atoms with E-state index in [1.54, 1.807) is 43.6 Å². The summed E-state index contributed by atoms with van der Waals surface area (Å²) in [6.07, 6.45) is 4.01. The Morgan fingerprint density at radius 2 is 2.00 bits per heavy atom. The lowest BCUT2D eigenvalue weighted by Crippen LogP contribution is -2.41. The maximum Gasteiger partial charge on any atom is 0.255 e. The number of fused-ring (bicyclic) bond motifs is 1. The number of pyridine rings is 2. The number of aromatic amines is 1. The summed E-state index contributed by atoms with van der Waals surface area (Å²) >= 11 is 0. The second-order valence-corrected chi connectivity index (χ2v) is 7.05. The summed E-state index contributed by atoms with van der Waals surface area (Å²) in [5.41, 5.74) is 1.02. The van der Waals surface area contributed by atoms with E-state index >= 15 is 0 Å². The third-order valence-electron chi connectivity index (χ3n) is 5.29. The summed E-state index contributed by atoms with van der Waals surface area (Å²) < 4.78 is 5.10. The number of H-pyrrole nitrogens is 1. The summed E-state index contributed by atoms with van der Waals surface area (Å²) in [4.78, 5) is 32.0. The number of rotatable bonds is 5. The zero-order valence-corrected chi connectivity index (χ0v) is 15.4. The van der Waals surface area contributed by atoms with Crippen molar-refractivity contribution in [2.24, 2.45) is 5.92 Å². The first-order chi connectivity index (χ1) is 13.6. The van der Waals surface area contributed by atoms with Gasteiger partial charge in [-0.2, -0.15) is 0 Å². The van der Waals surface area contributed by atoms with Gasteiger partial charge in [-0.15, -0.1) is 0 Å². The molecule has 1 atom stereocenters. The number of aromatic nitrogens is 2. The standard InChI is InChI=1S/C21H21N3O4/c1-28-18-7-6-12(10-22-18)19(13-8-14(25)9-13)24-21(27)17-11-23-20(26)16-5-3-2-4-15(16)17/h2-7,10-11,13-14,19,25H,8-9H2,1H3,(H,23,26)(H,24,27). The number of benzene rings is 1. The lowest BCUT2D eigenvalue weighted by molar-refractivity contribution is 0.0234. The maximum atomic E-state index is 13.1. The second-order valence-electron chi connectivity index (χ2n) is 7.05. The Bertz CT molecular complexity index is 1060. The minimum absolute atomic E-state index is 0.114. The molecule has 0 aliphatic heterocycles. The van der Waals surface area contributed by atoms with Gasteiger partial charge in [-0.25, -0.2) is 4.98 Å². The zero-order valence-electron chi connectivity index (χ0n) is 15.4. The van der Waals surface area contributed by atoms with Crippen LogP contribution in [0.1, 0.15) is 34.8 Å². The van der Waals surface area contributed by atoms with Crippen LogP contribution in [0.15, 0.2) is 53.6 Å². The number of aliphatic hydroxyl groups is 1. The van der Waals surface area contributed by atoms with E-state index < -0.39 is 0 Å². The number of ether oxygens (including phenoxy) is 1. The number of methoxy groups -OCH3 is 1. The van der Waals surface area contributed by atoms with Crippen molar-refractivity contribution < 1.29 is 14.6 Å². The van der Waals surface area contributed by atoms with Gasteiger partial charge in [-0.3, -0.25) is 9.59 Å². The van der Waals surface area contributed by atoms with Crippen LogP contribution in [0.5, 0.6) is 5.88 Å². The Morgan fingerprint density at radius 1 is 1.25 bits per heavy atom. The highest BCUT2D eigenvalue weighted by Crippen LogP contribution is 2.38. The van der Waals surface area contributed by atoms with E-state index in [0.717, 1.165) is 5.56 Å². The normalized spacial score (nSPS) is 19.6. The first-order valence-corrected chi connectivity index (χ1v) is 9.16. The third-order valence-corrected chi connectivity index (χ3v) is 5.29. The minimum Gasteiger partial charge on any atom is -0.481 e. The molecule has 1 aliphatic rings. The van der Waals surface area contributed by atoms with E-state index in [9.17, 15) is 14.7 Å². The molecule has 1 unspecified atom stereocenters. The van der Waals surface area contributed by atoms with Gasteiger partial charge in [0.2, 0.25) is 5.88 Å². The average molecular weight is 379 g/mol. The van der Waals surface area contributed by atoms with Gasteiger partial charge in [0.05, 0.1) is 24.8 Å². The molecule has 0 radical (unpaired) electrons. The van der Waals surface area contributed by atoms with Gasteiger partial charge < -0.3 is 20.1 Å². The predicted octanol–water partition coefficient (Wildman–Crippen LogP) is 2.17. The summed E-state index contributed by atoms with van der Waals surface area (Å²) in [6, 6.07) is 10.3. The number of amides is 1. The molecule has 0 spiro atoms. The van der Waals surface area contributed by atoms with Crippen LogP contribution in [0.25, 0.3) is 10.8 Å². The Hall–Kier alpha value is -3.19. The molecule has 7 nitrogen and oxygen atoms in total. The molecule has 1 aromatic carbocycles. The SMILES string of the molecule is COc1ccc(C(NC(=O)c2c[nH]c(=O)c3ccccc23)C2CC(O)C2)cn1. The molecule has 2 heterocycles. The quantitative estimate of drug-likeness (QED) is 0.630. The molecular formula is C21H21N3O4. The van der Waals surface area contributed by atoms with E-state index in [2.05, 4.69) is 15.3 Å². The van der Waals surface area contributed by atoms with Crippen molar-refractivity contribution in [1.82, 2.24) is 15.3 Å². The lowest BCUT2D eigenvalue weighted by atomic mass is 9.75. The monoisotopic (exact) mass is 379 g/mol. The molecule has 144 valence electrons. The molecule has 1 amide bonds. The van der Waals surface area contributed by atoms with E-state index in [0.29, 0.717) is 35.1 Å². The minimum atomic E-state index is -0.343. The molecule has 1 fully saturated rings. The highest BCUT2D eigenvalue weighted by Gasteiger charge is 2.36. The molecule has 28 heavy (non-hydrogen) atoms. The van der Waals surface area contributed by atoms with Crippen LogP contribution in [0, 0.1) is 5.92 Å². The molecule has 2 aromatic heterocycles. The number of nitrogens with zero attached hydrogens (tertiary/aromatic N) is 1. The Balaban J connectivity index is 1.66. The van der Waals surface area contributed by atoms with E-state index in [4.69, 9.17) is 4.74 Å². The molecule has 4 rings (SSSR count). The second kappa shape index (κ2) is 7.44. The van der Waals surface area contributed by atoms with E-state index in [-0.39, 0.29) is 29.5 Å². The van der Waals surface area contributed by atoms with Crippen LogP contribution >= 0.6 is 0 Å². The van der Waals surface area contributed by atoms with Crippen molar-refractivity contribution in [3.63, 3.8) is 0 Å². The highest BCUT2D eigenvalue weighted by molar-refractivity contribution is 6.06. The molecule has 1 aliphatic carbocycles. The first-order valence-electron chi connectivity index (χ1n) is 9.16. The fourth-order valence-electron chi connectivity index (χ4n) is 3.69. The summed E-state index contributed by atoms with van der Waals surface area (Å²) in [6.45, 7) is 0. The summed E-state index contributed by atoms with van der Waals surface area (Å²) in [7, 11) is 1.55. The summed E-state index contributed by atoms with van der Waals surface area (Å²) in [5.74, 6) is 0.326. The average Bonchev–Trinajstić information content (AvgIpc) is 2.70. The Labute approximate surface area is 161 Å². The van der Waals surface area contributed by atoms with Gasteiger partial charge in [-0.1, -0.05) is 24.3 Å². The summed E-state index contributed by atoms with van der Waals surface area (Å²) in [5, 5.41) is 13.9. The number of carbonyl (C=O) groups excluding carboxylic acids is 1. The first kappa shape index (κ1) is 18.2. The topological polar surface area (TPSA) is 104 Å². The van der Waals surface area contributed by atoms with Crippen LogP contribution in [-0.4, -0.2) is 34.2 Å². The van der Waals surface area contributed by atoms with Gasteiger partial charge in [0, 0.05) is 29.2 Å². The van der Waals surface area contributed by atoms with Crippen LogP contribution < -0.4 is 15.6 Å². The van der Waals surface area contributed by atoms with Crippen molar-refractivity contribution in [2.75, 3.05) is 7.11 Å². The van der Waals surface area contributed by atoms with Gasteiger partial charge in [0.25, 0.3) is 11.5 Å². The maximum absolute atomic E-state index is 13.1. The number of carbonyl (C=O) groups is 1. The van der Waals surface area contributed by atoms with Gasteiger partial charge in [-0.05, 0) is 30.4 Å². The number of hydrogen-bond donors (Lipinski definition) is 3. The van der Waals surface area contributed by atoms with Crippen molar-refractivity contribution >= 4 is 16.7 Å². The van der Waals surface area contributed by atoms with E-state index in [1.807, 2.05) is 6.07 Å². The van der Waals surface area contributed by atoms with Crippen LogP contribution in [0.2, 0.25) is 0 Å². The lowest BCUT2D eigenvalue weighted by Gasteiger charge is -2.38. The molecule has 3 aromatic rings. The van der Waals surface area contributed by atoms with Crippen LogP contribution in [0.3, 0.4) is 0 Å². The Kier molecular flexibility index (Phi) is 4.83. The van der Waals surface area contributed by atoms with Crippen LogP contribution in [-0.2, 0) is 0 Å². The highest BCUT2D eigenvalue weighted by atomic mass is 16.5. The third kappa shape index (κ3) is 3.36. The molecular weight excluding hydrogens is 358 g/mol. The molecule has 0 bridgehead atoms. The smallest absolute Gasteiger partial charge is 0.255 e. The molecule has 3 N–H and O–H groups in total. The van der Waals surface area contributed by atoms with Crippen molar-refractivity contribution in [1.29, 1.82) is 0 Å². The van der Waals surface area contributed by atoms with Gasteiger partial charge >= 0.3 is 0 Å². The Morgan fingerprint density at radius 3 is 2.64 bits per heavy atom. The largest absolute Gasteiger partial charge is 0.481 e. The molecule has 7 heteroatoms. The fraction of sp³-hybridized carbons (Fsp3) is 0.286.